The van der Waals surface area contributed by atoms with Crippen LogP contribution in [0.25, 0.3) is 0 Å². The lowest BCUT2D eigenvalue weighted by molar-refractivity contribution is 0.211. The Bertz CT molecular complexity index is 1130. The van der Waals surface area contributed by atoms with Gasteiger partial charge >= 0.3 is 0 Å². The van der Waals surface area contributed by atoms with Crippen LogP contribution in [0.5, 0.6) is 0 Å². The van der Waals surface area contributed by atoms with Gasteiger partial charge in [-0.3, -0.25) is 4.79 Å². The minimum absolute atomic E-state index is 0.171. The van der Waals surface area contributed by atoms with Crippen LogP contribution in [-0.2, 0) is 12.8 Å². The number of nitrogens with one attached hydrogen (secondary N) is 1. The molecule has 1 unspecified atom stereocenters. The van der Waals surface area contributed by atoms with Gasteiger partial charge in [0.25, 0.3) is 0 Å². The normalized spacial score (nSPS) is 17.8. The minimum atomic E-state index is -0.761. The van der Waals surface area contributed by atoms with Gasteiger partial charge in [-0.1, -0.05) is 24.3 Å². The molecular weight excluding hydrogens is 417 g/mol. The number of aliphatic hydroxyl groups is 1. The van der Waals surface area contributed by atoms with Crippen LogP contribution in [0.1, 0.15) is 41.2 Å². The van der Waals surface area contributed by atoms with Crippen molar-refractivity contribution in [2.24, 2.45) is 0 Å². The highest BCUT2D eigenvalue weighted by Crippen LogP contribution is 2.35. The van der Waals surface area contributed by atoms with E-state index in [1.54, 1.807) is 12.3 Å². The molecule has 172 valence electrons. The molecule has 2 aliphatic rings. The summed E-state index contributed by atoms with van der Waals surface area (Å²) in [5.41, 5.74) is 5.13. The topological polar surface area (TPSA) is 59.6 Å². The Morgan fingerprint density at radius 1 is 1.00 bits per heavy atom. The lowest BCUT2D eigenvalue weighted by atomic mass is 9.99. The Morgan fingerprint density at radius 3 is 2.48 bits per heavy atom. The lowest BCUT2D eigenvalue weighted by Gasteiger charge is -2.38. The number of aliphatic hydroxyl groups excluding tert-OH is 1. The number of hydrogen-bond donors (Lipinski definition) is 2. The average molecular weight is 448 g/mol. The van der Waals surface area contributed by atoms with Crippen molar-refractivity contribution >= 4 is 5.69 Å². The maximum atomic E-state index is 13.1. The summed E-state index contributed by atoms with van der Waals surface area (Å²) < 4.78 is 13.1. The first-order chi connectivity index (χ1) is 16.1. The predicted octanol–water partition coefficient (Wildman–Crippen LogP) is 3.67. The number of piperidine rings is 1. The molecule has 2 aromatic carbocycles. The number of aromatic amines is 1. The third-order valence-electron chi connectivity index (χ3n) is 7.11. The van der Waals surface area contributed by atoms with Crippen LogP contribution in [-0.4, -0.2) is 47.2 Å². The number of nitrogens with zero attached hydrogens (tertiary/aromatic N) is 2. The van der Waals surface area contributed by atoms with Gasteiger partial charge in [0.2, 0.25) is 5.56 Å². The largest absolute Gasteiger partial charge is 0.384 e. The third kappa shape index (κ3) is 4.87. The molecule has 1 atom stereocenters. The summed E-state index contributed by atoms with van der Waals surface area (Å²) >= 11 is 0. The van der Waals surface area contributed by atoms with Gasteiger partial charge in [-0.25, -0.2) is 4.39 Å². The number of pyridine rings is 1. The molecule has 3 heterocycles. The van der Waals surface area contributed by atoms with E-state index >= 15 is 0 Å². The van der Waals surface area contributed by atoms with Crippen LogP contribution in [0.4, 0.5) is 10.1 Å². The van der Waals surface area contributed by atoms with E-state index in [4.69, 9.17) is 0 Å². The Kier molecular flexibility index (Phi) is 6.29. The third-order valence-corrected chi connectivity index (χ3v) is 7.11. The summed E-state index contributed by atoms with van der Waals surface area (Å²) in [4.78, 5) is 19.0. The van der Waals surface area contributed by atoms with Crippen molar-refractivity contribution in [3.05, 3.63) is 99.2 Å². The summed E-state index contributed by atoms with van der Waals surface area (Å²) in [5.74, 6) is -0.181. The SMILES string of the molecule is O=c1ccc(C(O)c2ccc3c(c2)N(C2CCN(CCc4ccc(F)cc4)CC2)CC3)c[nH]1. The zero-order valence-electron chi connectivity index (χ0n) is 18.7. The van der Waals surface area contributed by atoms with Crippen molar-refractivity contribution in [1.82, 2.24) is 9.88 Å². The van der Waals surface area contributed by atoms with E-state index in [1.807, 2.05) is 18.2 Å². The molecule has 5 rings (SSSR count). The molecule has 5 nitrogen and oxygen atoms in total. The Labute approximate surface area is 193 Å². The Balaban J connectivity index is 1.21. The number of hydrogen-bond acceptors (Lipinski definition) is 4. The molecule has 0 radical (unpaired) electrons. The van der Waals surface area contributed by atoms with E-state index in [1.165, 1.54) is 35.0 Å². The Hall–Kier alpha value is -2.96. The minimum Gasteiger partial charge on any atom is -0.384 e. The summed E-state index contributed by atoms with van der Waals surface area (Å²) in [7, 11) is 0. The number of anilines is 1. The zero-order chi connectivity index (χ0) is 22.8. The van der Waals surface area contributed by atoms with E-state index in [-0.39, 0.29) is 11.4 Å². The Morgan fingerprint density at radius 2 is 1.76 bits per heavy atom. The van der Waals surface area contributed by atoms with Crippen LogP contribution < -0.4 is 10.5 Å². The van der Waals surface area contributed by atoms with Crippen molar-refractivity contribution in [2.75, 3.05) is 31.1 Å². The number of likely N-dealkylation sites (tertiary alicyclic amines) is 1. The summed E-state index contributed by atoms with van der Waals surface area (Å²) in [5, 5.41) is 10.8. The molecule has 0 saturated carbocycles. The van der Waals surface area contributed by atoms with Crippen molar-refractivity contribution in [3.63, 3.8) is 0 Å². The molecule has 6 heteroatoms. The van der Waals surface area contributed by atoms with Gasteiger partial charge in [-0.2, -0.15) is 0 Å². The number of fused-ring (bicyclic) bond motifs is 1. The maximum absolute atomic E-state index is 13.1. The predicted molar refractivity (Wildman–Crippen MR) is 128 cm³/mol. The van der Waals surface area contributed by atoms with Gasteiger partial charge in [-0.05, 0) is 66.6 Å². The van der Waals surface area contributed by atoms with E-state index in [9.17, 15) is 14.3 Å². The molecule has 3 aromatic rings. The van der Waals surface area contributed by atoms with Crippen LogP contribution in [0.2, 0.25) is 0 Å². The second kappa shape index (κ2) is 9.49. The van der Waals surface area contributed by atoms with Crippen LogP contribution in [0.15, 0.2) is 65.6 Å². The van der Waals surface area contributed by atoms with E-state index < -0.39 is 6.10 Å². The summed E-state index contributed by atoms with van der Waals surface area (Å²) in [6, 6.07) is 16.7. The van der Waals surface area contributed by atoms with E-state index in [0.717, 1.165) is 57.4 Å². The van der Waals surface area contributed by atoms with E-state index in [2.05, 4.69) is 26.9 Å². The smallest absolute Gasteiger partial charge is 0.247 e. The second-order valence-corrected chi connectivity index (χ2v) is 9.17. The van der Waals surface area contributed by atoms with E-state index in [0.29, 0.717) is 11.6 Å². The summed E-state index contributed by atoms with van der Waals surface area (Å²) in [6.07, 6.45) is 5.05. The fourth-order valence-electron chi connectivity index (χ4n) is 5.15. The first kappa shape index (κ1) is 21.9. The number of halogens is 1. The molecule has 1 fully saturated rings. The van der Waals surface area contributed by atoms with Gasteiger partial charge in [0.05, 0.1) is 0 Å². The van der Waals surface area contributed by atoms with Crippen LogP contribution in [0, 0.1) is 5.82 Å². The number of H-pyrrole nitrogens is 1. The number of aromatic nitrogens is 1. The molecular formula is C27H30FN3O2. The fraction of sp³-hybridized carbons (Fsp3) is 0.370. The molecule has 33 heavy (non-hydrogen) atoms. The van der Waals surface area contributed by atoms with Crippen molar-refractivity contribution in [1.29, 1.82) is 0 Å². The molecule has 0 aliphatic carbocycles. The maximum Gasteiger partial charge on any atom is 0.247 e. The highest BCUT2D eigenvalue weighted by Gasteiger charge is 2.30. The van der Waals surface area contributed by atoms with Crippen molar-refractivity contribution in [3.8, 4) is 0 Å². The van der Waals surface area contributed by atoms with Crippen LogP contribution >= 0.6 is 0 Å². The highest BCUT2D eigenvalue weighted by molar-refractivity contribution is 5.61. The second-order valence-electron chi connectivity index (χ2n) is 9.17. The van der Waals surface area contributed by atoms with Crippen LogP contribution in [0.3, 0.4) is 0 Å². The quantitative estimate of drug-likeness (QED) is 0.606. The lowest BCUT2D eigenvalue weighted by Crippen LogP contribution is -2.45. The first-order valence-corrected chi connectivity index (χ1v) is 11.8. The summed E-state index contributed by atoms with van der Waals surface area (Å²) in [6.45, 7) is 4.16. The van der Waals surface area contributed by atoms with Gasteiger partial charge in [-0.15, -0.1) is 0 Å². The molecule has 1 saturated heterocycles. The van der Waals surface area contributed by atoms with Gasteiger partial charge in [0.15, 0.2) is 0 Å². The monoisotopic (exact) mass is 447 g/mol. The highest BCUT2D eigenvalue weighted by atomic mass is 19.1. The average Bonchev–Trinajstić information content (AvgIpc) is 3.27. The molecule has 1 aromatic heterocycles. The standard InChI is InChI=1S/C27H30FN3O2/c28-23-6-1-19(2-7-23)9-13-30-14-11-24(12-15-30)31-16-10-20-3-4-21(17-25(20)31)27(33)22-5-8-26(32)29-18-22/h1-8,17-18,24,27,33H,9-16H2,(H,29,32). The first-order valence-electron chi connectivity index (χ1n) is 11.8. The van der Waals surface area contributed by atoms with Crippen molar-refractivity contribution in [2.45, 2.75) is 37.8 Å². The van der Waals surface area contributed by atoms with Gasteiger partial charge < -0.3 is 19.9 Å². The van der Waals surface area contributed by atoms with Gasteiger partial charge in [0.1, 0.15) is 11.9 Å². The molecule has 2 aliphatic heterocycles. The van der Waals surface area contributed by atoms with Crippen molar-refractivity contribution < 1.29 is 9.50 Å². The number of benzene rings is 2. The number of rotatable bonds is 6. The van der Waals surface area contributed by atoms with Gasteiger partial charge in [0, 0.05) is 55.7 Å². The zero-order valence-corrected chi connectivity index (χ0v) is 18.7. The molecule has 0 spiro atoms. The molecule has 0 amide bonds. The molecule has 0 bridgehead atoms. The fourth-order valence-corrected chi connectivity index (χ4v) is 5.15. The molecule has 2 N–H and O–H groups in total.